The number of carboxylic acids is 1. The average molecular weight is 253 g/mol. The summed E-state index contributed by atoms with van der Waals surface area (Å²) in [7, 11) is 0. The number of nitrogens with zero attached hydrogens (tertiary/aromatic N) is 1. The molecule has 0 bridgehead atoms. The molecule has 1 saturated heterocycles. The summed E-state index contributed by atoms with van der Waals surface area (Å²) in [6.45, 7) is 6.17. The monoisotopic (exact) mass is 253 g/mol. The second-order valence-electron chi connectivity index (χ2n) is 5.12. The van der Waals surface area contributed by atoms with Crippen molar-refractivity contribution >= 4 is 11.8 Å². The molecular formula is C14H23NO3. The van der Waals surface area contributed by atoms with Crippen molar-refractivity contribution in [3.63, 3.8) is 0 Å². The van der Waals surface area contributed by atoms with Gasteiger partial charge in [0.2, 0.25) is 0 Å². The summed E-state index contributed by atoms with van der Waals surface area (Å²) < 4.78 is 0. The smallest absolute Gasteiger partial charge is 0.326 e. The van der Waals surface area contributed by atoms with Crippen molar-refractivity contribution in [2.75, 3.05) is 6.54 Å². The van der Waals surface area contributed by atoms with Gasteiger partial charge in [0, 0.05) is 12.2 Å². The minimum absolute atomic E-state index is 0.0349. The Kier molecular flexibility index (Phi) is 5.38. The van der Waals surface area contributed by atoms with Crippen molar-refractivity contribution in [1.82, 2.24) is 4.90 Å². The van der Waals surface area contributed by atoms with Gasteiger partial charge in [-0.2, -0.15) is 0 Å². The number of hydrogen-bond donors (Lipinski definition) is 1. The second kappa shape index (κ2) is 6.57. The van der Waals surface area contributed by atoms with Crippen LogP contribution in [0, 0.1) is 5.92 Å². The number of hydrogen-bond acceptors (Lipinski definition) is 3. The molecule has 0 amide bonds. The fourth-order valence-corrected chi connectivity index (χ4v) is 2.74. The van der Waals surface area contributed by atoms with Gasteiger partial charge in [-0.1, -0.05) is 19.8 Å². The Morgan fingerprint density at radius 1 is 1.39 bits per heavy atom. The molecular weight excluding hydrogens is 230 g/mol. The topological polar surface area (TPSA) is 57.6 Å². The lowest BCUT2D eigenvalue weighted by Gasteiger charge is -2.39. The normalized spacial score (nSPS) is 25.1. The summed E-state index contributed by atoms with van der Waals surface area (Å²) in [4.78, 5) is 24.3. The van der Waals surface area contributed by atoms with Crippen molar-refractivity contribution in [1.29, 1.82) is 0 Å². The van der Waals surface area contributed by atoms with E-state index in [1.165, 1.54) is 13.0 Å². The number of piperidine rings is 1. The Bertz CT molecular complexity index is 349. The van der Waals surface area contributed by atoms with Crippen LogP contribution in [0.1, 0.15) is 46.5 Å². The van der Waals surface area contributed by atoms with Gasteiger partial charge in [-0.15, -0.1) is 0 Å². The molecule has 2 unspecified atom stereocenters. The molecule has 1 aliphatic rings. The van der Waals surface area contributed by atoms with Crippen LogP contribution in [0.25, 0.3) is 0 Å². The largest absolute Gasteiger partial charge is 0.480 e. The Labute approximate surface area is 109 Å². The van der Waals surface area contributed by atoms with Crippen molar-refractivity contribution in [3.05, 3.63) is 11.8 Å². The molecule has 0 aromatic rings. The number of rotatable bonds is 5. The van der Waals surface area contributed by atoms with Gasteiger partial charge in [0.15, 0.2) is 5.78 Å². The average Bonchev–Trinajstić information content (AvgIpc) is 2.28. The molecule has 1 rings (SSSR count). The summed E-state index contributed by atoms with van der Waals surface area (Å²) in [5.41, 5.74) is 0.768. The molecule has 0 spiro atoms. The Hall–Kier alpha value is -1.32. The van der Waals surface area contributed by atoms with Gasteiger partial charge < -0.3 is 10.0 Å². The molecule has 0 radical (unpaired) electrons. The van der Waals surface area contributed by atoms with E-state index >= 15 is 0 Å². The summed E-state index contributed by atoms with van der Waals surface area (Å²) in [5, 5.41) is 9.32. The van der Waals surface area contributed by atoms with Crippen LogP contribution < -0.4 is 0 Å². The van der Waals surface area contributed by atoms with E-state index in [9.17, 15) is 14.7 Å². The number of carbonyl (C=O) groups excluding carboxylic acids is 1. The third-order valence-corrected chi connectivity index (χ3v) is 3.56. The van der Waals surface area contributed by atoms with E-state index in [2.05, 4.69) is 6.92 Å². The lowest BCUT2D eigenvalue weighted by Crippen LogP contribution is -2.46. The van der Waals surface area contributed by atoms with Crippen LogP contribution in [-0.2, 0) is 9.59 Å². The highest BCUT2D eigenvalue weighted by atomic mass is 16.4. The van der Waals surface area contributed by atoms with Crippen LogP contribution >= 0.6 is 0 Å². The first-order valence-corrected chi connectivity index (χ1v) is 6.64. The highest BCUT2D eigenvalue weighted by Crippen LogP contribution is 2.29. The zero-order valence-electron chi connectivity index (χ0n) is 11.5. The van der Waals surface area contributed by atoms with Crippen LogP contribution in [0.2, 0.25) is 0 Å². The van der Waals surface area contributed by atoms with Gasteiger partial charge in [0.1, 0.15) is 6.04 Å². The molecule has 0 aliphatic carbocycles. The van der Waals surface area contributed by atoms with Crippen molar-refractivity contribution in [3.8, 4) is 0 Å². The van der Waals surface area contributed by atoms with E-state index in [0.29, 0.717) is 12.3 Å². The predicted octanol–water partition coefficient (Wildman–Crippen LogP) is 2.44. The maximum Gasteiger partial charge on any atom is 0.326 e. The zero-order valence-corrected chi connectivity index (χ0v) is 11.5. The molecule has 2 atom stereocenters. The number of carboxylic acid groups (broad SMARTS) is 1. The molecule has 0 aromatic carbocycles. The fourth-order valence-electron chi connectivity index (χ4n) is 2.74. The van der Waals surface area contributed by atoms with Crippen molar-refractivity contribution in [2.45, 2.75) is 52.5 Å². The summed E-state index contributed by atoms with van der Waals surface area (Å²) in [5.74, 6) is -0.322. The van der Waals surface area contributed by atoms with Gasteiger partial charge >= 0.3 is 5.97 Å². The number of likely N-dealkylation sites (tertiary alicyclic amines) is 1. The first-order chi connectivity index (χ1) is 8.45. The quantitative estimate of drug-likeness (QED) is 0.765. The molecule has 1 aliphatic heterocycles. The van der Waals surface area contributed by atoms with Crippen molar-refractivity contribution < 1.29 is 14.7 Å². The number of aliphatic carboxylic acids is 1. The maximum absolute atomic E-state index is 11.4. The Balaban J connectivity index is 2.79. The van der Waals surface area contributed by atoms with Crippen LogP contribution in [-0.4, -0.2) is 34.3 Å². The molecule has 4 nitrogen and oxygen atoms in total. The van der Waals surface area contributed by atoms with Gasteiger partial charge in [-0.25, -0.2) is 4.79 Å². The van der Waals surface area contributed by atoms with E-state index in [0.717, 1.165) is 31.5 Å². The second-order valence-corrected chi connectivity index (χ2v) is 5.12. The Morgan fingerprint density at radius 3 is 2.56 bits per heavy atom. The summed E-state index contributed by atoms with van der Waals surface area (Å²) in [6.07, 6.45) is 5.41. The van der Waals surface area contributed by atoms with Crippen LogP contribution in [0.4, 0.5) is 0 Å². The molecule has 1 N–H and O–H groups in total. The predicted molar refractivity (Wildman–Crippen MR) is 70.2 cm³/mol. The Morgan fingerprint density at radius 2 is 2.06 bits per heavy atom. The minimum atomic E-state index is -0.785. The highest BCUT2D eigenvalue weighted by molar-refractivity contribution is 5.88. The van der Waals surface area contributed by atoms with E-state index < -0.39 is 12.0 Å². The summed E-state index contributed by atoms with van der Waals surface area (Å²) in [6, 6.07) is -0.481. The third kappa shape index (κ3) is 3.86. The first-order valence-electron chi connectivity index (χ1n) is 6.64. The van der Waals surface area contributed by atoms with Crippen LogP contribution in [0.15, 0.2) is 11.8 Å². The molecule has 18 heavy (non-hydrogen) atoms. The molecule has 0 saturated carbocycles. The molecule has 1 heterocycles. The van der Waals surface area contributed by atoms with Gasteiger partial charge in [-0.05, 0) is 38.7 Å². The van der Waals surface area contributed by atoms with Crippen LogP contribution in [0.3, 0.4) is 0 Å². The standard InChI is InChI=1S/C14H23NO3/c1-4-5-12-6-7-15(10(2)8-11(3)16)13(9-12)14(17)18/h8,12-13H,4-7,9H2,1-3H3,(H,17,18). The lowest BCUT2D eigenvalue weighted by molar-refractivity contribution is -0.144. The first kappa shape index (κ1) is 14.7. The number of ketones is 1. The van der Waals surface area contributed by atoms with E-state index in [1.807, 2.05) is 11.8 Å². The van der Waals surface area contributed by atoms with Gasteiger partial charge in [0.25, 0.3) is 0 Å². The van der Waals surface area contributed by atoms with Crippen molar-refractivity contribution in [2.24, 2.45) is 5.92 Å². The highest BCUT2D eigenvalue weighted by Gasteiger charge is 2.33. The number of carbonyl (C=O) groups is 2. The molecule has 102 valence electrons. The maximum atomic E-state index is 11.4. The molecule has 4 heteroatoms. The van der Waals surface area contributed by atoms with E-state index in [-0.39, 0.29) is 5.78 Å². The van der Waals surface area contributed by atoms with Gasteiger partial charge in [-0.3, -0.25) is 4.79 Å². The third-order valence-electron chi connectivity index (χ3n) is 3.56. The van der Waals surface area contributed by atoms with Gasteiger partial charge in [0.05, 0.1) is 0 Å². The lowest BCUT2D eigenvalue weighted by atomic mass is 9.87. The molecule has 0 aromatic heterocycles. The number of allylic oxidation sites excluding steroid dienone is 2. The summed E-state index contributed by atoms with van der Waals surface area (Å²) >= 11 is 0. The SMILES string of the molecule is CCCC1CCN(C(C)=CC(C)=O)C(C(=O)O)C1. The fraction of sp³-hybridized carbons (Fsp3) is 0.714. The van der Waals surface area contributed by atoms with E-state index in [4.69, 9.17) is 0 Å². The minimum Gasteiger partial charge on any atom is -0.480 e. The van der Waals surface area contributed by atoms with E-state index in [1.54, 1.807) is 0 Å². The zero-order chi connectivity index (χ0) is 13.7. The van der Waals surface area contributed by atoms with Crippen LogP contribution in [0.5, 0.6) is 0 Å². The molecule has 1 fully saturated rings.